The summed E-state index contributed by atoms with van der Waals surface area (Å²) in [4.78, 5) is 0. The number of hydrogen-bond acceptors (Lipinski definition) is 2. The minimum Gasteiger partial charge on any atom is -0.271 e. The van der Waals surface area contributed by atoms with Crippen LogP contribution in [0.25, 0.3) is 0 Å². The Morgan fingerprint density at radius 3 is 2.11 bits per heavy atom. The zero-order valence-corrected chi connectivity index (χ0v) is 6.70. The zero-order valence-electron chi connectivity index (χ0n) is 6.70. The summed E-state index contributed by atoms with van der Waals surface area (Å²) in [5.74, 6) is 5.35. The van der Waals surface area contributed by atoms with Gasteiger partial charge < -0.3 is 0 Å². The van der Waals surface area contributed by atoms with Crippen molar-refractivity contribution < 1.29 is 0 Å². The highest BCUT2D eigenvalue weighted by molar-refractivity contribution is 4.77. The predicted octanol–water partition coefficient (Wildman–Crippen LogP) is 1.42. The van der Waals surface area contributed by atoms with E-state index in [-0.39, 0.29) is 5.54 Å². The maximum atomic E-state index is 5.35. The second-order valence-electron chi connectivity index (χ2n) is 2.81. The molecule has 2 nitrogen and oxygen atoms in total. The zero-order chi connectivity index (χ0) is 7.33. The van der Waals surface area contributed by atoms with E-state index >= 15 is 0 Å². The number of rotatable bonds is 4. The first-order chi connectivity index (χ1) is 4.18. The van der Waals surface area contributed by atoms with Gasteiger partial charge in [-0.05, 0) is 19.8 Å². The molecule has 0 spiro atoms. The van der Waals surface area contributed by atoms with Crippen molar-refractivity contribution in [2.75, 3.05) is 0 Å². The fourth-order valence-electron chi connectivity index (χ4n) is 0.903. The summed E-state index contributed by atoms with van der Waals surface area (Å²) >= 11 is 0. The van der Waals surface area contributed by atoms with Gasteiger partial charge in [-0.3, -0.25) is 11.3 Å². The lowest BCUT2D eigenvalue weighted by Gasteiger charge is -2.26. The van der Waals surface area contributed by atoms with Gasteiger partial charge in [0.2, 0.25) is 0 Å². The van der Waals surface area contributed by atoms with Crippen molar-refractivity contribution in [3.8, 4) is 0 Å². The lowest BCUT2D eigenvalue weighted by atomic mass is 9.94. The van der Waals surface area contributed by atoms with Crippen LogP contribution in [0.15, 0.2) is 0 Å². The normalized spacial score (nSPS) is 17.3. The summed E-state index contributed by atoms with van der Waals surface area (Å²) in [6.45, 7) is 6.47. The summed E-state index contributed by atoms with van der Waals surface area (Å²) < 4.78 is 0. The Hall–Kier alpha value is -0.0800. The molecule has 0 saturated heterocycles. The first-order valence-corrected chi connectivity index (χ1v) is 3.66. The molecule has 0 bridgehead atoms. The summed E-state index contributed by atoms with van der Waals surface area (Å²) in [5.41, 5.74) is 2.99. The second kappa shape index (κ2) is 3.85. The third kappa shape index (κ3) is 2.82. The van der Waals surface area contributed by atoms with Crippen LogP contribution in [0.3, 0.4) is 0 Å². The molecular formula is C7H18N2. The molecule has 1 unspecified atom stereocenters. The van der Waals surface area contributed by atoms with Crippen LogP contribution < -0.4 is 11.3 Å². The van der Waals surface area contributed by atoms with Crippen molar-refractivity contribution in [2.45, 2.75) is 45.6 Å². The van der Waals surface area contributed by atoms with Gasteiger partial charge in [0.05, 0.1) is 0 Å². The first-order valence-electron chi connectivity index (χ1n) is 3.66. The fourth-order valence-corrected chi connectivity index (χ4v) is 0.903. The Labute approximate surface area is 57.8 Å². The van der Waals surface area contributed by atoms with E-state index in [2.05, 4.69) is 26.2 Å². The minimum atomic E-state index is 0.161. The van der Waals surface area contributed by atoms with E-state index in [4.69, 9.17) is 5.84 Å². The van der Waals surface area contributed by atoms with Crippen molar-refractivity contribution in [1.29, 1.82) is 0 Å². The average Bonchev–Trinajstić information content (AvgIpc) is 1.89. The van der Waals surface area contributed by atoms with Gasteiger partial charge in [-0.15, -0.1) is 0 Å². The van der Waals surface area contributed by atoms with E-state index in [1.165, 1.54) is 6.42 Å². The molecule has 0 aliphatic heterocycles. The molecule has 0 radical (unpaired) electrons. The number of hydrazine groups is 1. The summed E-state index contributed by atoms with van der Waals surface area (Å²) in [6.07, 6.45) is 3.44. The highest BCUT2D eigenvalue weighted by Crippen LogP contribution is 2.13. The van der Waals surface area contributed by atoms with Crippen LogP contribution in [-0.4, -0.2) is 5.54 Å². The van der Waals surface area contributed by atoms with Gasteiger partial charge in [-0.1, -0.05) is 20.3 Å². The van der Waals surface area contributed by atoms with E-state index in [1.807, 2.05) is 0 Å². The molecule has 0 amide bonds. The van der Waals surface area contributed by atoms with Crippen molar-refractivity contribution in [3.63, 3.8) is 0 Å². The topological polar surface area (TPSA) is 38.0 Å². The molecule has 3 N–H and O–H groups in total. The molecule has 0 aromatic rings. The Morgan fingerprint density at radius 1 is 1.44 bits per heavy atom. The van der Waals surface area contributed by atoms with Gasteiger partial charge in [-0.25, -0.2) is 0 Å². The molecule has 0 aromatic heterocycles. The Kier molecular flexibility index (Phi) is 3.82. The van der Waals surface area contributed by atoms with Gasteiger partial charge >= 0.3 is 0 Å². The summed E-state index contributed by atoms with van der Waals surface area (Å²) in [7, 11) is 0. The Balaban J connectivity index is 3.62. The van der Waals surface area contributed by atoms with Crippen LogP contribution in [0.2, 0.25) is 0 Å². The van der Waals surface area contributed by atoms with E-state index in [9.17, 15) is 0 Å². The smallest absolute Gasteiger partial charge is 0.0290 e. The lowest BCUT2D eigenvalue weighted by Crippen LogP contribution is -2.46. The maximum Gasteiger partial charge on any atom is 0.0290 e. The standard InChI is InChI=1S/C7H18N2/c1-4-6-7(3,5-2)9-8/h9H,4-6,8H2,1-3H3. The van der Waals surface area contributed by atoms with Crippen LogP contribution >= 0.6 is 0 Å². The van der Waals surface area contributed by atoms with Gasteiger partial charge in [-0.2, -0.15) is 0 Å². The highest BCUT2D eigenvalue weighted by Gasteiger charge is 2.17. The Morgan fingerprint density at radius 2 is 2.00 bits per heavy atom. The second-order valence-corrected chi connectivity index (χ2v) is 2.81. The van der Waals surface area contributed by atoms with E-state index in [0.717, 1.165) is 12.8 Å². The first kappa shape index (κ1) is 8.92. The molecule has 9 heavy (non-hydrogen) atoms. The molecule has 56 valence electrons. The van der Waals surface area contributed by atoms with E-state index in [1.54, 1.807) is 0 Å². The molecule has 2 heteroatoms. The van der Waals surface area contributed by atoms with Crippen molar-refractivity contribution in [3.05, 3.63) is 0 Å². The number of nitrogens with one attached hydrogen (secondary N) is 1. The lowest BCUT2D eigenvalue weighted by molar-refractivity contribution is 0.322. The van der Waals surface area contributed by atoms with Gasteiger partial charge in [0.15, 0.2) is 0 Å². The molecule has 0 heterocycles. The van der Waals surface area contributed by atoms with Crippen molar-refractivity contribution in [1.82, 2.24) is 5.43 Å². The summed E-state index contributed by atoms with van der Waals surface area (Å²) in [5, 5.41) is 0. The Bertz CT molecular complexity index is 67.3. The number of hydrogen-bond donors (Lipinski definition) is 2. The summed E-state index contributed by atoms with van der Waals surface area (Å²) in [6, 6.07) is 0. The molecule has 0 aliphatic carbocycles. The average molecular weight is 130 g/mol. The molecule has 0 fully saturated rings. The SMILES string of the molecule is CCCC(C)(CC)NN. The quantitative estimate of drug-likeness (QED) is 0.446. The van der Waals surface area contributed by atoms with Crippen molar-refractivity contribution in [2.24, 2.45) is 5.84 Å². The highest BCUT2D eigenvalue weighted by atomic mass is 15.3. The van der Waals surface area contributed by atoms with Crippen LogP contribution in [0.1, 0.15) is 40.0 Å². The fraction of sp³-hybridized carbons (Fsp3) is 1.00. The van der Waals surface area contributed by atoms with Crippen LogP contribution in [-0.2, 0) is 0 Å². The monoisotopic (exact) mass is 130 g/mol. The number of nitrogens with two attached hydrogens (primary N) is 1. The van der Waals surface area contributed by atoms with Crippen molar-refractivity contribution >= 4 is 0 Å². The van der Waals surface area contributed by atoms with E-state index < -0.39 is 0 Å². The largest absolute Gasteiger partial charge is 0.271 e. The maximum absolute atomic E-state index is 5.35. The van der Waals surface area contributed by atoms with Crippen LogP contribution in [0.5, 0.6) is 0 Å². The minimum absolute atomic E-state index is 0.161. The predicted molar refractivity (Wildman–Crippen MR) is 40.9 cm³/mol. The van der Waals surface area contributed by atoms with Crippen LogP contribution in [0.4, 0.5) is 0 Å². The molecule has 0 aliphatic rings. The van der Waals surface area contributed by atoms with Gasteiger partial charge in [0.1, 0.15) is 0 Å². The molecule has 1 atom stereocenters. The van der Waals surface area contributed by atoms with E-state index in [0.29, 0.717) is 0 Å². The third-order valence-corrected chi connectivity index (χ3v) is 1.93. The molecule has 0 aromatic carbocycles. The van der Waals surface area contributed by atoms with Crippen LogP contribution in [0, 0.1) is 0 Å². The third-order valence-electron chi connectivity index (χ3n) is 1.93. The molecule has 0 rings (SSSR count). The van der Waals surface area contributed by atoms with Gasteiger partial charge in [0, 0.05) is 5.54 Å². The molecular weight excluding hydrogens is 112 g/mol. The molecule has 0 saturated carbocycles. The van der Waals surface area contributed by atoms with Gasteiger partial charge in [0.25, 0.3) is 0 Å².